The summed E-state index contributed by atoms with van der Waals surface area (Å²) >= 11 is 0. The minimum atomic E-state index is -3.68. The molecule has 0 bridgehead atoms. The number of fused-ring (bicyclic) bond motifs is 3. The average molecular weight is 615 g/mol. The summed E-state index contributed by atoms with van der Waals surface area (Å²) in [7, 11) is -3.68. The Morgan fingerprint density at radius 1 is 0.977 bits per heavy atom. The highest BCUT2D eigenvalue weighted by Gasteiger charge is 2.68. The number of ether oxygens (including phenoxy) is 2. The molecule has 8 heteroatoms. The first kappa shape index (κ1) is 29.4. The average Bonchev–Trinajstić information content (AvgIpc) is 3.38. The van der Waals surface area contributed by atoms with E-state index in [4.69, 9.17) is 9.47 Å². The molecule has 2 heterocycles. The van der Waals surface area contributed by atoms with Gasteiger partial charge in [-0.3, -0.25) is 4.79 Å². The number of benzene rings is 3. The summed E-state index contributed by atoms with van der Waals surface area (Å²) in [5.74, 6) is 1.90. The molecule has 7 rings (SSSR count). The Kier molecular flexibility index (Phi) is 6.90. The fraction of sp³-hybridized carbons (Fsp3) is 0.472. The van der Waals surface area contributed by atoms with Crippen LogP contribution in [-0.2, 0) is 29.6 Å². The normalized spacial score (nSPS) is 30.2. The molecule has 0 unspecified atom stereocenters. The zero-order chi connectivity index (χ0) is 30.9. The smallest absolute Gasteiger partial charge is 0.252 e. The van der Waals surface area contributed by atoms with Gasteiger partial charge in [0.05, 0.1) is 10.5 Å². The molecule has 44 heavy (non-hydrogen) atoms. The van der Waals surface area contributed by atoms with Crippen LogP contribution in [0.4, 0.5) is 0 Å². The van der Waals surface area contributed by atoms with Gasteiger partial charge in [0.25, 0.3) is 5.91 Å². The number of rotatable bonds is 6. The predicted octanol–water partition coefficient (Wildman–Crippen LogP) is 6.40. The van der Waals surface area contributed by atoms with Gasteiger partial charge in [0.1, 0.15) is 23.7 Å². The number of sulfonamides is 1. The quantitative estimate of drug-likeness (QED) is 0.335. The van der Waals surface area contributed by atoms with E-state index in [9.17, 15) is 13.2 Å². The minimum absolute atomic E-state index is 0.102. The Labute approximate surface area is 260 Å². The van der Waals surface area contributed by atoms with Gasteiger partial charge in [-0.05, 0) is 67.2 Å². The van der Waals surface area contributed by atoms with Gasteiger partial charge in [-0.2, -0.15) is 0 Å². The van der Waals surface area contributed by atoms with Gasteiger partial charge < -0.3 is 14.8 Å². The number of amides is 1. The molecule has 7 nitrogen and oxygen atoms in total. The van der Waals surface area contributed by atoms with Gasteiger partial charge in [-0.15, -0.1) is 0 Å². The largest absolute Gasteiger partial charge is 0.488 e. The van der Waals surface area contributed by atoms with E-state index < -0.39 is 15.6 Å². The Bertz CT molecular complexity index is 1710. The SMILES string of the molecule is C[C@H]1CC[C@H]2C(C)(C)[C@@H](NS(=O)(=O)c3ccccc3)CC[C@]23Oc2c(c(OCc4ccccc4)cc4c2CNC4=O)C[C@]13C. The lowest BCUT2D eigenvalue weighted by Gasteiger charge is -2.67. The Morgan fingerprint density at radius 3 is 2.41 bits per heavy atom. The Balaban J connectivity index is 1.28. The molecule has 3 aromatic carbocycles. The molecule has 0 saturated heterocycles. The number of carbonyl (C=O) groups excluding carboxylic acids is 1. The van der Waals surface area contributed by atoms with Crippen LogP contribution < -0.4 is 19.5 Å². The number of nitrogens with one attached hydrogen (secondary N) is 2. The zero-order valence-corrected chi connectivity index (χ0v) is 26.8. The summed E-state index contributed by atoms with van der Waals surface area (Å²) in [4.78, 5) is 13.3. The molecule has 2 N–H and O–H groups in total. The fourth-order valence-electron chi connectivity index (χ4n) is 8.89. The summed E-state index contributed by atoms with van der Waals surface area (Å²) in [5, 5.41) is 3.01. The summed E-state index contributed by atoms with van der Waals surface area (Å²) < 4.78 is 44.0. The van der Waals surface area contributed by atoms with Crippen molar-refractivity contribution in [3.63, 3.8) is 0 Å². The first-order chi connectivity index (χ1) is 21.0. The van der Waals surface area contributed by atoms with Crippen LogP contribution >= 0.6 is 0 Å². The van der Waals surface area contributed by atoms with Crippen molar-refractivity contribution < 1.29 is 22.7 Å². The third-order valence-electron chi connectivity index (χ3n) is 11.6. The van der Waals surface area contributed by atoms with E-state index in [0.717, 1.165) is 48.1 Å². The lowest BCUT2D eigenvalue weighted by Crippen LogP contribution is -2.71. The van der Waals surface area contributed by atoms with E-state index in [1.54, 1.807) is 24.3 Å². The van der Waals surface area contributed by atoms with Crippen molar-refractivity contribution in [2.75, 3.05) is 0 Å². The van der Waals surface area contributed by atoms with E-state index in [2.05, 4.69) is 37.7 Å². The highest BCUT2D eigenvalue weighted by atomic mass is 32.2. The highest BCUT2D eigenvalue weighted by molar-refractivity contribution is 7.89. The van der Waals surface area contributed by atoms with E-state index in [1.807, 2.05) is 42.5 Å². The first-order valence-corrected chi connectivity index (χ1v) is 17.3. The molecule has 0 radical (unpaired) electrons. The van der Waals surface area contributed by atoms with E-state index in [0.29, 0.717) is 36.8 Å². The molecule has 2 aliphatic carbocycles. The number of hydrogen-bond acceptors (Lipinski definition) is 5. The lowest BCUT2D eigenvalue weighted by molar-refractivity contribution is -0.215. The highest BCUT2D eigenvalue weighted by Crippen LogP contribution is 2.67. The van der Waals surface area contributed by atoms with Gasteiger partial charge >= 0.3 is 0 Å². The van der Waals surface area contributed by atoms with Crippen LogP contribution in [0.1, 0.15) is 80.4 Å². The fourth-order valence-corrected chi connectivity index (χ4v) is 10.3. The second kappa shape index (κ2) is 10.3. The minimum Gasteiger partial charge on any atom is -0.488 e. The molecule has 4 aliphatic rings. The van der Waals surface area contributed by atoms with Gasteiger partial charge in [0.15, 0.2) is 0 Å². The molecule has 232 valence electrons. The molecule has 1 amide bonds. The standard InChI is InChI=1S/C36H42N2O5S/c1-23-15-16-30-34(2,3)31(38-44(40,41)25-13-9-6-10-14-25)17-18-36(30)35(23,4)20-27-29(42-22-24-11-7-5-8-12-24)19-26-28(32(27)43-36)21-37-33(26)39/h5-14,19,23,30-31,38H,15-18,20-22H2,1-4H3,(H,37,39)/t23-,30-,31-,35+,36-/m0/s1. The summed E-state index contributed by atoms with van der Waals surface area (Å²) in [6.07, 6.45) is 4.16. The lowest BCUT2D eigenvalue weighted by atomic mass is 9.43. The van der Waals surface area contributed by atoms with Crippen LogP contribution in [0, 0.1) is 22.7 Å². The van der Waals surface area contributed by atoms with Crippen molar-refractivity contribution in [1.29, 1.82) is 0 Å². The van der Waals surface area contributed by atoms with Crippen LogP contribution in [0.5, 0.6) is 11.5 Å². The van der Waals surface area contributed by atoms with Crippen molar-refractivity contribution in [2.24, 2.45) is 22.7 Å². The second-order valence-corrected chi connectivity index (χ2v) is 15.8. The number of carbonyl (C=O) groups is 1. The van der Waals surface area contributed by atoms with Crippen molar-refractivity contribution in [3.8, 4) is 11.5 Å². The van der Waals surface area contributed by atoms with E-state index in [-0.39, 0.29) is 33.6 Å². The predicted molar refractivity (Wildman–Crippen MR) is 169 cm³/mol. The maximum atomic E-state index is 13.5. The second-order valence-electron chi connectivity index (χ2n) is 14.1. The molecule has 2 saturated carbocycles. The van der Waals surface area contributed by atoms with Gasteiger partial charge in [0, 0.05) is 35.0 Å². The Hall–Kier alpha value is -3.36. The first-order valence-electron chi connectivity index (χ1n) is 15.9. The van der Waals surface area contributed by atoms with E-state index in [1.165, 1.54) is 0 Å². The topological polar surface area (TPSA) is 93.7 Å². The van der Waals surface area contributed by atoms with Crippen LogP contribution in [-0.4, -0.2) is 26.0 Å². The molecular formula is C36H42N2O5S. The molecule has 2 aliphatic heterocycles. The summed E-state index contributed by atoms with van der Waals surface area (Å²) in [6.45, 7) is 9.97. The molecule has 2 fully saturated rings. The summed E-state index contributed by atoms with van der Waals surface area (Å²) in [5.41, 5.74) is 2.55. The van der Waals surface area contributed by atoms with Crippen molar-refractivity contribution in [3.05, 3.63) is 89.0 Å². The van der Waals surface area contributed by atoms with Gasteiger partial charge in [0.2, 0.25) is 10.0 Å². The maximum absolute atomic E-state index is 13.5. The third-order valence-corrected chi connectivity index (χ3v) is 13.1. The van der Waals surface area contributed by atoms with Gasteiger partial charge in [-0.25, -0.2) is 13.1 Å². The summed E-state index contributed by atoms with van der Waals surface area (Å²) in [6, 6.07) is 20.4. The molecular weight excluding hydrogens is 572 g/mol. The monoisotopic (exact) mass is 614 g/mol. The number of hydrogen-bond donors (Lipinski definition) is 2. The maximum Gasteiger partial charge on any atom is 0.252 e. The van der Waals surface area contributed by atoms with Crippen molar-refractivity contribution in [2.45, 2.75) is 89.5 Å². The molecule has 3 aromatic rings. The third kappa shape index (κ3) is 4.39. The van der Waals surface area contributed by atoms with Crippen LogP contribution in [0.2, 0.25) is 0 Å². The van der Waals surface area contributed by atoms with Crippen LogP contribution in [0.15, 0.2) is 71.6 Å². The van der Waals surface area contributed by atoms with Crippen molar-refractivity contribution >= 4 is 15.9 Å². The Morgan fingerprint density at radius 2 is 1.68 bits per heavy atom. The van der Waals surface area contributed by atoms with Crippen LogP contribution in [0.3, 0.4) is 0 Å². The molecule has 0 aromatic heterocycles. The molecule has 1 spiro atoms. The van der Waals surface area contributed by atoms with Crippen molar-refractivity contribution in [1.82, 2.24) is 10.0 Å². The van der Waals surface area contributed by atoms with Crippen LogP contribution in [0.25, 0.3) is 0 Å². The van der Waals surface area contributed by atoms with Gasteiger partial charge in [-0.1, -0.05) is 76.2 Å². The zero-order valence-electron chi connectivity index (χ0n) is 26.0. The van der Waals surface area contributed by atoms with E-state index >= 15 is 0 Å². The molecule has 5 atom stereocenters.